The number of fused-ring (bicyclic) bond motifs is 5. The van der Waals surface area contributed by atoms with Crippen LogP contribution >= 0.6 is 0 Å². The van der Waals surface area contributed by atoms with Crippen molar-refractivity contribution in [2.75, 3.05) is 6.61 Å². The lowest BCUT2D eigenvalue weighted by Crippen LogP contribution is -2.63. The lowest BCUT2D eigenvalue weighted by Gasteiger charge is -2.63. The molecule has 4 saturated carbocycles. The molecule has 0 radical (unpaired) electrons. The minimum atomic E-state index is -1.23. The molecule has 0 aromatic rings. The van der Waals surface area contributed by atoms with Crippen LogP contribution < -0.4 is 0 Å². The Morgan fingerprint density at radius 3 is 2.50 bits per heavy atom. The Bertz CT molecular complexity index is 705. The second-order valence-corrected chi connectivity index (χ2v) is 10.4. The van der Waals surface area contributed by atoms with Crippen molar-refractivity contribution in [1.29, 1.82) is 0 Å². The van der Waals surface area contributed by atoms with Crippen LogP contribution in [0.15, 0.2) is 0 Å². The Morgan fingerprint density at radius 1 is 1.07 bits per heavy atom. The van der Waals surface area contributed by atoms with Crippen LogP contribution in [0.1, 0.15) is 78.6 Å². The Labute approximate surface area is 167 Å². The number of hydrogen-bond acceptors (Lipinski definition) is 4. The zero-order valence-electron chi connectivity index (χ0n) is 17.4. The molecule has 0 bridgehead atoms. The molecule has 0 heterocycles. The molecule has 28 heavy (non-hydrogen) atoms. The minimum Gasteiger partial charge on any atom is -0.458 e. The first-order valence-corrected chi connectivity index (χ1v) is 11.0. The van der Waals surface area contributed by atoms with E-state index in [0.29, 0.717) is 37.9 Å². The van der Waals surface area contributed by atoms with Crippen LogP contribution in [0.5, 0.6) is 0 Å². The van der Waals surface area contributed by atoms with Gasteiger partial charge in [0.15, 0.2) is 5.78 Å². The van der Waals surface area contributed by atoms with Crippen molar-refractivity contribution < 1.29 is 23.5 Å². The maximum Gasteiger partial charge on any atom is 0.303 e. The van der Waals surface area contributed by atoms with Crippen molar-refractivity contribution in [1.82, 2.24) is 0 Å². The van der Waals surface area contributed by atoms with Gasteiger partial charge in [-0.25, -0.2) is 4.39 Å². The van der Waals surface area contributed by atoms with Gasteiger partial charge in [0, 0.05) is 31.1 Å². The Balaban J connectivity index is 1.58. The molecule has 4 aliphatic rings. The Kier molecular flexibility index (Phi) is 4.74. The van der Waals surface area contributed by atoms with Gasteiger partial charge in [-0.1, -0.05) is 13.8 Å². The highest BCUT2D eigenvalue weighted by Crippen LogP contribution is 2.70. The standard InChI is InChI=1S/C23H33FO4/c1-14(25)28-13-20(27)19-7-6-17-18-5-4-15-12-16(26)8-9-22(15,3)23(18,24)11-10-21(17,19)2/h15,17-19H,4-13H2,1-3H3/t15?,17-,18-,19+,21-,22-,23+/m0/s1. The van der Waals surface area contributed by atoms with Crippen molar-refractivity contribution in [2.24, 2.45) is 34.5 Å². The van der Waals surface area contributed by atoms with E-state index in [0.717, 1.165) is 25.7 Å². The first-order valence-electron chi connectivity index (χ1n) is 11.0. The highest BCUT2D eigenvalue weighted by atomic mass is 19.1. The van der Waals surface area contributed by atoms with E-state index in [4.69, 9.17) is 4.74 Å². The van der Waals surface area contributed by atoms with Gasteiger partial charge in [0.05, 0.1) is 0 Å². The molecule has 1 unspecified atom stereocenters. The van der Waals surface area contributed by atoms with Crippen molar-refractivity contribution in [2.45, 2.75) is 84.2 Å². The van der Waals surface area contributed by atoms with Crippen molar-refractivity contribution in [3.8, 4) is 0 Å². The third-order valence-electron chi connectivity index (χ3n) is 9.39. The Hall–Kier alpha value is -1.26. The molecule has 4 aliphatic carbocycles. The number of alkyl halides is 1. The molecule has 0 N–H and O–H groups in total. The van der Waals surface area contributed by atoms with Crippen LogP contribution in [-0.4, -0.2) is 29.8 Å². The summed E-state index contributed by atoms with van der Waals surface area (Å²) >= 11 is 0. The number of esters is 1. The monoisotopic (exact) mass is 392 g/mol. The molecule has 0 aromatic carbocycles. The van der Waals surface area contributed by atoms with Gasteiger partial charge in [-0.15, -0.1) is 0 Å². The van der Waals surface area contributed by atoms with Crippen molar-refractivity contribution >= 4 is 17.5 Å². The lowest BCUT2D eigenvalue weighted by atomic mass is 9.43. The molecular weight excluding hydrogens is 359 g/mol. The van der Waals surface area contributed by atoms with Gasteiger partial charge in [0.25, 0.3) is 0 Å². The summed E-state index contributed by atoms with van der Waals surface area (Å²) in [4.78, 5) is 35.9. The van der Waals surface area contributed by atoms with Gasteiger partial charge < -0.3 is 4.74 Å². The molecule has 0 amide bonds. The maximum absolute atomic E-state index is 16.8. The fraction of sp³-hybridized carbons (Fsp3) is 0.870. The summed E-state index contributed by atoms with van der Waals surface area (Å²) in [6, 6.07) is 0. The SMILES string of the molecule is CC(=O)OCC(=O)[C@H]1CC[C@H]2[C@@H]3CCC4CC(=O)CC[C@]4(C)[C@@]3(F)CC[C@]12C. The lowest BCUT2D eigenvalue weighted by molar-refractivity contribution is -0.195. The summed E-state index contributed by atoms with van der Waals surface area (Å²) in [5.41, 5.74) is -1.84. The van der Waals surface area contributed by atoms with Crippen LogP contribution in [0.25, 0.3) is 0 Å². The zero-order chi connectivity index (χ0) is 20.3. The minimum absolute atomic E-state index is 0.00489. The number of ketones is 2. The average Bonchev–Trinajstić information content (AvgIpc) is 2.98. The third kappa shape index (κ3) is 2.71. The second kappa shape index (κ2) is 6.63. The number of Topliss-reactive ketones (excluding diaryl/α,β-unsaturated/α-hetero) is 2. The number of hydrogen-bond donors (Lipinski definition) is 0. The normalized spacial score (nSPS) is 47.6. The number of rotatable bonds is 3. The van der Waals surface area contributed by atoms with Gasteiger partial charge in [0.2, 0.25) is 0 Å². The number of carbonyl (C=O) groups excluding carboxylic acids is 3. The molecule has 0 aromatic heterocycles. The topological polar surface area (TPSA) is 60.4 Å². The van der Waals surface area contributed by atoms with E-state index in [1.807, 2.05) is 0 Å². The summed E-state index contributed by atoms with van der Waals surface area (Å²) in [6.45, 7) is 5.42. The summed E-state index contributed by atoms with van der Waals surface area (Å²) in [6.07, 6.45) is 6.32. The van der Waals surface area contributed by atoms with Gasteiger partial charge in [-0.3, -0.25) is 14.4 Å². The summed E-state index contributed by atoms with van der Waals surface area (Å²) in [5.74, 6) is 0.0663. The number of carbonyl (C=O) groups is 3. The summed E-state index contributed by atoms with van der Waals surface area (Å²) in [7, 11) is 0. The second-order valence-electron chi connectivity index (χ2n) is 10.4. The fourth-order valence-corrected chi connectivity index (χ4v) is 7.74. The van der Waals surface area contributed by atoms with Gasteiger partial charge in [-0.05, 0) is 68.1 Å². The molecule has 0 aliphatic heterocycles. The molecule has 4 rings (SSSR count). The van der Waals surface area contributed by atoms with Crippen LogP contribution in [0, 0.1) is 34.5 Å². The van der Waals surface area contributed by atoms with Crippen LogP contribution in [0.3, 0.4) is 0 Å². The number of halogens is 1. The molecule has 5 heteroatoms. The van der Waals surface area contributed by atoms with E-state index < -0.39 is 17.1 Å². The van der Waals surface area contributed by atoms with E-state index in [1.54, 1.807) is 0 Å². The molecule has 156 valence electrons. The smallest absolute Gasteiger partial charge is 0.303 e. The first kappa shape index (κ1) is 20.0. The van der Waals surface area contributed by atoms with E-state index >= 15 is 4.39 Å². The van der Waals surface area contributed by atoms with Crippen molar-refractivity contribution in [3.05, 3.63) is 0 Å². The Morgan fingerprint density at radius 2 is 1.79 bits per heavy atom. The molecule has 0 saturated heterocycles. The van der Waals surface area contributed by atoms with Crippen LogP contribution in [0.2, 0.25) is 0 Å². The van der Waals surface area contributed by atoms with Crippen molar-refractivity contribution in [3.63, 3.8) is 0 Å². The third-order valence-corrected chi connectivity index (χ3v) is 9.39. The largest absolute Gasteiger partial charge is 0.458 e. The van der Waals surface area contributed by atoms with Gasteiger partial charge in [-0.2, -0.15) is 0 Å². The molecule has 7 atom stereocenters. The van der Waals surface area contributed by atoms with E-state index in [1.165, 1.54) is 6.92 Å². The quantitative estimate of drug-likeness (QED) is 0.666. The van der Waals surface area contributed by atoms with Gasteiger partial charge in [0.1, 0.15) is 18.1 Å². The summed E-state index contributed by atoms with van der Waals surface area (Å²) < 4.78 is 21.8. The first-order chi connectivity index (χ1) is 13.1. The fourth-order valence-electron chi connectivity index (χ4n) is 7.74. The molecule has 0 spiro atoms. The predicted octanol–water partition coefficient (Wildman–Crippen LogP) is 4.44. The predicted molar refractivity (Wildman–Crippen MR) is 102 cm³/mol. The van der Waals surface area contributed by atoms with E-state index in [-0.39, 0.29) is 41.5 Å². The average molecular weight is 393 g/mol. The van der Waals surface area contributed by atoms with Gasteiger partial charge >= 0.3 is 5.97 Å². The highest BCUT2D eigenvalue weighted by Gasteiger charge is 2.68. The van der Waals surface area contributed by atoms with Crippen LogP contribution in [0.4, 0.5) is 4.39 Å². The maximum atomic E-state index is 16.8. The summed E-state index contributed by atoms with van der Waals surface area (Å²) in [5, 5.41) is 0. The zero-order valence-corrected chi connectivity index (χ0v) is 17.4. The van der Waals surface area contributed by atoms with Crippen LogP contribution in [-0.2, 0) is 19.1 Å². The van der Waals surface area contributed by atoms with E-state index in [9.17, 15) is 14.4 Å². The van der Waals surface area contributed by atoms with E-state index in [2.05, 4.69) is 13.8 Å². The molecule has 4 fully saturated rings. The molecule has 4 nitrogen and oxygen atoms in total. The number of ether oxygens (including phenoxy) is 1. The highest BCUT2D eigenvalue weighted by molar-refractivity contribution is 5.85. The molecular formula is C23H33FO4.